The Labute approximate surface area is 244 Å². The third kappa shape index (κ3) is 5.91. The first-order valence-corrected chi connectivity index (χ1v) is 15.1. The van der Waals surface area contributed by atoms with Gasteiger partial charge in [0.1, 0.15) is 5.75 Å². The fraction of sp³-hybridized carbons (Fsp3) is 0.152. The normalized spacial score (nSPS) is 11.7. The van der Waals surface area contributed by atoms with E-state index < -0.39 is 15.6 Å². The van der Waals surface area contributed by atoms with Gasteiger partial charge in [0.15, 0.2) is 0 Å². The van der Waals surface area contributed by atoms with Crippen LogP contribution in [0.15, 0.2) is 112 Å². The number of nitrogens with zero attached hydrogens (tertiary/aromatic N) is 2. The number of ether oxygens (including phenoxy) is 1. The zero-order valence-electron chi connectivity index (χ0n) is 23.3. The maximum atomic E-state index is 13.6. The van der Waals surface area contributed by atoms with Crippen LogP contribution in [0.25, 0.3) is 16.5 Å². The average molecular weight is 582 g/mol. The Morgan fingerprint density at radius 3 is 2.38 bits per heavy atom. The van der Waals surface area contributed by atoms with Crippen molar-refractivity contribution in [1.29, 1.82) is 0 Å². The predicted molar refractivity (Wildman–Crippen MR) is 167 cm³/mol. The highest BCUT2D eigenvalue weighted by atomic mass is 32.2. The average Bonchev–Trinajstić information content (AvgIpc) is 3.01. The number of unbranched alkanes of at least 4 members (excludes halogenated alkanes) is 1. The number of sulfonamides is 1. The Morgan fingerprint density at radius 2 is 1.64 bits per heavy atom. The summed E-state index contributed by atoms with van der Waals surface area (Å²) in [4.78, 5) is 18.1. The highest BCUT2D eigenvalue weighted by Crippen LogP contribution is 2.29. The summed E-state index contributed by atoms with van der Waals surface area (Å²) in [5.74, 6) is 0.00871. The van der Waals surface area contributed by atoms with Gasteiger partial charge in [0.25, 0.3) is 15.6 Å². The largest absolute Gasteiger partial charge is 0.495 e. The van der Waals surface area contributed by atoms with Crippen molar-refractivity contribution in [2.24, 2.45) is 4.99 Å². The molecule has 5 rings (SSSR count). The number of nitrogens with one attached hydrogen (secondary N) is 1. The number of rotatable bonds is 10. The molecule has 0 unspecified atom stereocenters. The molecule has 1 heterocycles. The molecule has 0 spiro atoms. The third-order valence-corrected chi connectivity index (χ3v) is 8.30. The molecule has 0 bridgehead atoms. The van der Waals surface area contributed by atoms with E-state index in [-0.39, 0.29) is 22.2 Å². The molecule has 9 heteroatoms. The molecule has 2 N–H and O–H groups in total. The molecule has 4 aromatic carbocycles. The van der Waals surface area contributed by atoms with Crippen LogP contribution < -0.4 is 15.0 Å². The third-order valence-electron chi connectivity index (χ3n) is 6.94. The van der Waals surface area contributed by atoms with Crippen molar-refractivity contribution < 1.29 is 18.3 Å². The van der Waals surface area contributed by atoms with Gasteiger partial charge in [-0.2, -0.15) is 0 Å². The lowest BCUT2D eigenvalue weighted by Gasteiger charge is -2.15. The van der Waals surface area contributed by atoms with Crippen LogP contribution in [-0.2, 0) is 16.4 Å². The van der Waals surface area contributed by atoms with Gasteiger partial charge < -0.3 is 9.84 Å². The zero-order chi connectivity index (χ0) is 29.7. The van der Waals surface area contributed by atoms with Crippen molar-refractivity contribution >= 4 is 38.4 Å². The van der Waals surface area contributed by atoms with Crippen molar-refractivity contribution in [3.05, 3.63) is 119 Å². The van der Waals surface area contributed by atoms with Crippen LogP contribution in [0.5, 0.6) is 11.6 Å². The van der Waals surface area contributed by atoms with E-state index in [1.54, 1.807) is 54.6 Å². The smallest absolute Gasteiger partial charge is 0.265 e. The summed E-state index contributed by atoms with van der Waals surface area (Å²) >= 11 is 0. The van der Waals surface area contributed by atoms with Crippen molar-refractivity contribution in [2.75, 3.05) is 11.8 Å². The molecule has 0 amide bonds. The summed E-state index contributed by atoms with van der Waals surface area (Å²) in [6, 6.07) is 27.3. The monoisotopic (exact) mass is 581 g/mol. The van der Waals surface area contributed by atoms with Crippen LogP contribution >= 0.6 is 0 Å². The molecule has 214 valence electrons. The minimum absolute atomic E-state index is 0.0938. The number of hydrogen-bond donors (Lipinski definition) is 2. The van der Waals surface area contributed by atoms with E-state index in [2.05, 4.69) is 16.6 Å². The second kappa shape index (κ2) is 12.3. The molecule has 0 fully saturated rings. The van der Waals surface area contributed by atoms with E-state index >= 15 is 0 Å². The molecular weight excluding hydrogens is 550 g/mol. The van der Waals surface area contributed by atoms with Gasteiger partial charge in [0.2, 0.25) is 5.88 Å². The van der Waals surface area contributed by atoms with Gasteiger partial charge in [-0.15, -0.1) is 0 Å². The Morgan fingerprint density at radius 1 is 0.929 bits per heavy atom. The number of para-hydroxylation sites is 2. The molecule has 8 nitrogen and oxygen atoms in total. The van der Waals surface area contributed by atoms with Gasteiger partial charge >= 0.3 is 0 Å². The first-order chi connectivity index (χ1) is 20.3. The lowest BCUT2D eigenvalue weighted by Crippen LogP contribution is -2.21. The molecule has 5 aromatic rings. The Kier molecular flexibility index (Phi) is 8.40. The molecule has 0 saturated heterocycles. The molecule has 1 aromatic heterocycles. The van der Waals surface area contributed by atoms with Crippen LogP contribution in [0.1, 0.15) is 30.9 Å². The number of aryl methyl sites for hydroxylation is 1. The lowest BCUT2D eigenvalue weighted by atomic mass is 10.1. The SMILES string of the molecule is CCCCc1ccc(N=Cc2c(O)n(-c3cccc(S(=O)(=O)Nc4ccccc4OC)c3)c(=O)c3ccccc23)cc1. The number of methoxy groups -OCH3 is 1. The van der Waals surface area contributed by atoms with Crippen LogP contribution in [-0.4, -0.2) is 31.4 Å². The maximum absolute atomic E-state index is 13.6. The summed E-state index contributed by atoms with van der Waals surface area (Å²) in [5.41, 5.74) is 2.22. The summed E-state index contributed by atoms with van der Waals surface area (Å²) in [6.07, 6.45) is 4.76. The molecule has 0 saturated carbocycles. The highest BCUT2D eigenvalue weighted by Gasteiger charge is 2.20. The van der Waals surface area contributed by atoms with Crippen LogP contribution in [0.4, 0.5) is 11.4 Å². The Hall–Kier alpha value is -4.89. The lowest BCUT2D eigenvalue weighted by molar-refractivity contribution is 0.417. The van der Waals surface area contributed by atoms with Crippen molar-refractivity contribution in [1.82, 2.24) is 4.57 Å². The van der Waals surface area contributed by atoms with Gasteiger partial charge in [0.05, 0.1) is 34.6 Å². The van der Waals surface area contributed by atoms with E-state index in [4.69, 9.17) is 4.74 Å². The molecule has 0 aliphatic carbocycles. The maximum Gasteiger partial charge on any atom is 0.265 e. The van der Waals surface area contributed by atoms with Gasteiger partial charge in [-0.1, -0.05) is 61.9 Å². The van der Waals surface area contributed by atoms with E-state index in [0.717, 1.165) is 23.8 Å². The second-order valence-electron chi connectivity index (χ2n) is 9.75. The second-order valence-corrected chi connectivity index (χ2v) is 11.4. The minimum Gasteiger partial charge on any atom is -0.495 e. The Bertz CT molecular complexity index is 1930. The number of pyridine rings is 1. The number of benzene rings is 4. The highest BCUT2D eigenvalue weighted by molar-refractivity contribution is 7.92. The zero-order valence-corrected chi connectivity index (χ0v) is 24.1. The topological polar surface area (TPSA) is 110 Å². The molecule has 0 aliphatic heterocycles. The van der Waals surface area contributed by atoms with Gasteiger partial charge in [-0.05, 0) is 66.9 Å². The number of aromatic hydroxyl groups is 1. The molecule has 42 heavy (non-hydrogen) atoms. The molecule has 0 radical (unpaired) electrons. The molecule has 0 aliphatic rings. The summed E-state index contributed by atoms with van der Waals surface area (Å²) in [5, 5.41) is 12.3. The number of anilines is 1. The van der Waals surface area contributed by atoms with E-state index in [0.29, 0.717) is 27.8 Å². The van der Waals surface area contributed by atoms with Gasteiger partial charge in [-0.25, -0.2) is 13.0 Å². The summed E-state index contributed by atoms with van der Waals surface area (Å²) in [6.45, 7) is 2.16. The molecular formula is C33H31N3O5S. The summed E-state index contributed by atoms with van der Waals surface area (Å²) < 4.78 is 35.5. The van der Waals surface area contributed by atoms with Crippen molar-refractivity contribution in [3.8, 4) is 17.3 Å². The van der Waals surface area contributed by atoms with Crippen LogP contribution in [0.3, 0.4) is 0 Å². The van der Waals surface area contributed by atoms with Gasteiger partial charge in [0, 0.05) is 17.0 Å². The standard InChI is InChI=1S/C33H31N3O5S/c1-3-4-10-23-17-19-24(20-18-23)34-22-29-27-13-5-6-14-28(27)32(37)36(33(29)38)25-11-9-12-26(21-25)42(39,40)35-30-15-7-8-16-31(30)41-2/h5-9,11-22,35,38H,3-4,10H2,1-2H3. The first-order valence-electron chi connectivity index (χ1n) is 13.6. The van der Waals surface area contributed by atoms with Crippen molar-refractivity contribution in [2.45, 2.75) is 31.1 Å². The predicted octanol–water partition coefficient (Wildman–Crippen LogP) is 6.60. The number of fused-ring (bicyclic) bond motifs is 1. The van der Waals surface area contributed by atoms with Gasteiger partial charge in [-0.3, -0.25) is 14.5 Å². The van der Waals surface area contributed by atoms with Crippen LogP contribution in [0, 0.1) is 0 Å². The number of aliphatic imine (C=N–C) groups is 1. The van der Waals surface area contributed by atoms with Crippen LogP contribution in [0.2, 0.25) is 0 Å². The fourth-order valence-corrected chi connectivity index (χ4v) is 5.83. The van der Waals surface area contributed by atoms with E-state index in [1.165, 1.54) is 37.1 Å². The number of aromatic nitrogens is 1. The van der Waals surface area contributed by atoms with Crippen molar-refractivity contribution in [3.63, 3.8) is 0 Å². The number of hydrogen-bond acceptors (Lipinski definition) is 6. The fourth-order valence-electron chi connectivity index (χ4n) is 4.72. The first kappa shape index (κ1) is 28.6. The summed E-state index contributed by atoms with van der Waals surface area (Å²) in [7, 11) is -2.61. The molecule has 0 atom stereocenters. The van der Waals surface area contributed by atoms with E-state index in [9.17, 15) is 18.3 Å². The Balaban J connectivity index is 1.57. The van der Waals surface area contributed by atoms with E-state index in [1.807, 2.05) is 24.3 Å². The minimum atomic E-state index is -4.06. The quantitative estimate of drug-likeness (QED) is 0.181.